The summed E-state index contributed by atoms with van der Waals surface area (Å²) in [6.07, 6.45) is 0. The van der Waals surface area contributed by atoms with Crippen molar-refractivity contribution in [3.8, 4) is 17.2 Å². The Morgan fingerprint density at radius 3 is 2.36 bits per heavy atom. The summed E-state index contributed by atoms with van der Waals surface area (Å²) in [5, 5.41) is 2.88. The Morgan fingerprint density at radius 2 is 1.61 bits per heavy atom. The molecule has 3 rings (SSSR count). The second-order valence-corrected chi connectivity index (χ2v) is 6.02. The van der Waals surface area contributed by atoms with Crippen LogP contribution in [-0.2, 0) is 6.61 Å². The number of nitrogens with one attached hydrogen (secondary N) is 1. The van der Waals surface area contributed by atoms with E-state index in [9.17, 15) is 4.79 Å². The normalized spacial score (nSPS) is 10.2. The molecule has 0 aromatic heterocycles. The lowest BCUT2D eigenvalue weighted by atomic mass is 10.1. The number of benzene rings is 3. The van der Waals surface area contributed by atoms with Gasteiger partial charge < -0.3 is 19.5 Å². The van der Waals surface area contributed by atoms with Crippen LogP contribution in [0, 0.1) is 0 Å². The molecule has 1 amide bonds. The molecule has 0 heterocycles. The van der Waals surface area contributed by atoms with E-state index in [1.807, 2.05) is 55.5 Å². The van der Waals surface area contributed by atoms with Crippen molar-refractivity contribution in [3.63, 3.8) is 0 Å². The van der Waals surface area contributed by atoms with Crippen molar-refractivity contribution in [1.82, 2.24) is 0 Å². The zero-order chi connectivity index (χ0) is 19.8. The van der Waals surface area contributed by atoms with Crippen molar-refractivity contribution in [2.24, 2.45) is 0 Å². The Morgan fingerprint density at radius 1 is 0.857 bits per heavy atom. The number of anilines is 1. The molecule has 1 N–H and O–H groups in total. The first-order valence-corrected chi connectivity index (χ1v) is 9.09. The molecule has 0 radical (unpaired) electrons. The Balaban J connectivity index is 1.73. The average Bonchev–Trinajstić information content (AvgIpc) is 2.74. The number of methoxy groups -OCH3 is 1. The fourth-order valence-electron chi connectivity index (χ4n) is 2.71. The van der Waals surface area contributed by atoms with E-state index < -0.39 is 0 Å². The smallest absolute Gasteiger partial charge is 0.255 e. The first-order valence-electron chi connectivity index (χ1n) is 9.09. The van der Waals surface area contributed by atoms with Crippen molar-refractivity contribution in [1.29, 1.82) is 0 Å². The minimum atomic E-state index is -0.250. The number of carbonyl (C=O) groups excluding carboxylic acids is 1. The lowest BCUT2D eigenvalue weighted by molar-refractivity contribution is 0.102. The Hall–Kier alpha value is -3.47. The molecule has 0 aliphatic rings. The van der Waals surface area contributed by atoms with Crippen LogP contribution in [0.2, 0.25) is 0 Å². The van der Waals surface area contributed by atoms with Crippen molar-refractivity contribution >= 4 is 11.6 Å². The first kappa shape index (κ1) is 19.3. The molecular formula is C23H23NO4. The van der Waals surface area contributed by atoms with E-state index in [1.54, 1.807) is 31.4 Å². The van der Waals surface area contributed by atoms with Gasteiger partial charge in [0, 0.05) is 5.56 Å². The summed E-state index contributed by atoms with van der Waals surface area (Å²) >= 11 is 0. The Labute approximate surface area is 164 Å². The number of hydrogen-bond acceptors (Lipinski definition) is 4. The maximum Gasteiger partial charge on any atom is 0.255 e. The summed E-state index contributed by atoms with van der Waals surface area (Å²) in [5.74, 6) is 1.47. The third-order valence-electron chi connectivity index (χ3n) is 4.10. The fraction of sp³-hybridized carbons (Fsp3) is 0.174. The minimum absolute atomic E-state index is 0.250. The van der Waals surface area contributed by atoms with Gasteiger partial charge in [-0.3, -0.25) is 4.79 Å². The topological polar surface area (TPSA) is 56.8 Å². The Bertz CT molecular complexity index is 925. The van der Waals surface area contributed by atoms with Gasteiger partial charge in [-0.25, -0.2) is 0 Å². The van der Waals surface area contributed by atoms with Crippen molar-refractivity contribution in [2.45, 2.75) is 13.5 Å². The molecule has 28 heavy (non-hydrogen) atoms. The molecule has 0 atom stereocenters. The van der Waals surface area contributed by atoms with Crippen molar-refractivity contribution < 1.29 is 19.0 Å². The number of hydrogen-bond donors (Lipinski definition) is 1. The van der Waals surface area contributed by atoms with Crippen LogP contribution in [0.3, 0.4) is 0 Å². The average molecular weight is 377 g/mol. The third-order valence-corrected chi connectivity index (χ3v) is 4.10. The molecule has 0 bridgehead atoms. The largest absolute Gasteiger partial charge is 0.493 e. The second-order valence-electron chi connectivity index (χ2n) is 6.02. The maximum atomic E-state index is 12.7. The zero-order valence-electron chi connectivity index (χ0n) is 16.0. The molecule has 0 aliphatic heterocycles. The van der Waals surface area contributed by atoms with Gasteiger partial charge in [0.1, 0.15) is 12.4 Å². The highest BCUT2D eigenvalue weighted by Crippen LogP contribution is 2.30. The molecule has 0 saturated heterocycles. The number of para-hydroxylation sites is 2. The minimum Gasteiger partial charge on any atom is -0.493 e. The van der Waals surface area contributed by atoms with Crippen LogP contribution in [0.15, 0.2) is 72.8 Å². The van der Waals surface area contributed by atoms with Crippen LogP contribution in [0.4, 0.5) is 5.69 Å². The summed E-state index contributed by atoms with van der Waals surface area (Å²) in [7, 11) is 1.55. The highest BCUT2D eigenvalue weighted by molar-refractivity contribution is 6.05. The molecule has 0 saturated carbocycles. The van der Waals surface area contributed by atoms with E-state index in [0.717, 1.165) is 5.56 Å². The SMILES string of the molecule is CCOc1ccccc1NC(=O)c1ccc(OCc2ccccc2)c(OC)c1. The molecule has 3 aromatic carbocycles. The molecule has 0 fully saturated rings. The Kier molecular flexibility index (Phi) is 6.52. The maximum absolute atomic E-state index is 12.7. The highest BCUT2D eigenvalue weighted by atomic mass is 16.5. The van der Waals surface area contributed by atoms with Crippen LogP contribution in [-0.4, -0.2) is 19.6 Å². The third kappa shape index (κ3) is 4.82. The molecule has 3 aromatic rings. The van der Waals surface area contributed by atoms with E-state index in [-0.39, 0.29) is 5.91 Å². The summed E-state index contributed by atoms with van der Waals surface area (Å²) in [4.78, 5) is 12.7. The number of carbonyl (C=O) groups is 1. The molecule has 144 valence electrons. The summed E-state index contributed by atoms with van der Waals surface area (Å²) in [5.41, 5.74) is 2.15. The van der Waals surface area contributed by atoms with Gasteiger partial charge in [-0.15, -0.1) is 0 Å². The van der Waals surface area contributed by atoms with Gasteiger partial charge in [-0.2, -0.15) is 0 Å². The molecule has 0 unspecified atom stereocenters. The summed E-state index contributed by atoms with van der Waals surface area (Å²) < 4.78 is 16.8. The van der Waals surface area contributed by atoms with E-state index in [1.165, 1.54) is 0 Å². The van der Waals surface area contributed by atoms with Crippen LogP contribution in [0.1, 0.15) is 22.8 Å². The lowest BCUT2D eigenvalue weighted by Crippen LogP contribution is -2.13. The summed E-state index contributed by atoms with van der Waals surface area (Å²) in [6.45, 7) is 2.84. The van der Waals surface area contributed by atoms with Gasteiger partial charge in [0.05, 0.1) is 19.4 Å². The van der Waals surface area contributed by atoms with Gasteiger partial charge in [0.2, 0.25) is 0 Å². The molecule has 5 heteroatoms. The molecule has 0 spiro atoms. The fourth-order valence-corrected chi connectivity index (χ4v) is 2.71. The van der Waals surface area contributed by atoms with E-state index in [0.29, 0.717) is 41.7 Å². The standard InChI is InChI=1S/C23H23NO4/c1-3-27-20-12-8-7-11-19(20)24-23(25)18-13-14-21(22(15-18)26-2)28-16-17-9-5-4-6-10-17/h4-15H,3,16H2,1-2H3,(H,24,25). The van der Waals surface area contributed by atoms with Gasteiger partial charge in [0.25, 0.3) is 5.91 Å². The number of amides is 1. The van der Waals surface area contributed by atoms with E-state index >= 15 is 0 Å². The van der Waals surface area contributed by atoms with E-state index in [2.05, 4.69) is 5.32 Å². The number of ether oxygens (including phenoxy) is 3. The van der Waals surface area contributed by atoms with E-state index in [4.69, 9.17) is 14.2 Å². The van der Waals surface area contributed by atoms with Gasteiger partial charge >= 0.3 is 0 Å². The zero-order valence-corrected chi connectivity index (χ0v) is 16.0. The van der Waals surface area contributed by atoms with Crippen molar-refractivity contribution in [2.75, 3.05) is 19.0 Å². The van der Waals surface area contributed by atoms with Crippen LogP contribution >= 0.6 is 0 Å². The lowest BCUT2D eigenvalue weighted by Gasteiger charge is -2.14. The van der Waals surface area contributed by atoms with Crippen LogP contribution < -0.4 is 19.5 Å². The molecule has 5 nitrogen and oxygen atoms in total. The molecular weight excluding hydrogens is 354 g/mol. The van der Waals surface area contributed by atoms with Crippen LogP contribution in [0.5, 0.6) is 17.2 Å². The van der Waals surface area contributed by atoms with Gasteiger partial charge in [-0.05, 0) is 42.8 Å². The highest BCUT2D eigenvalue weighted by Gasteiger charge is 2.13. The van der Waals surface area contributed by atoms with Gasteiger partial charge in [-0.1, -0.05) is 42.5 Å². The monoisotopic (exact) mass is 377 g/mol. The van der Waals surface area contributed by atoms with Gasteiger partial charge in [0.15, 0.2) is 11.5 Å². The summed E-state index contributed by atoms with van der Waals surface area (Å²) in [6, 6.07) is 22.3. The quantitative estimate of drug-likeness (QED) is 0.605. The first-order chi connectivity index (χ1) is 13.7. The predicted octanol–water partition coefficient (Wildman–Crippen LogP) is 4.93. The predicted molar refractivity (Wildman–Crippen MR) is 109 cm³/mol. The molecule has 0 aliphatic carbocycles. The van der Waals surface area contributed by atoms with Crippen molar-refractivity contribution in [3.05, 3.63) is 83.9 Å². The second kappa shape index (κ2) is 9.46. The number of rotatable bonds is 8. The van der Waals surface area contributed by atoms with Crippen LogP contribution in [0.25, 0.3) is 0 Å².